The molecule has 9 nitrogen and oxygen atoms in total. The van der Waals surface area contributed by atoms with Crippen LogP contribution in [-0.4, -0.2) is 61.2 Å². The van der Waals surface area contributed by atoms with Gasteiger partial charge in [0.2, 0.25) is 5.92 Å². The quantitative estimate of drug-likeness (QED) is 0.241. The number of nitrogens with one attached hydrogen (secondary N) is 1. The van der Waals surface area contributed by atoms with Crippen LogP contribution in [0.25, 0.3) is 10.9 Å². The second kappa shape index (κ2) is 10.3. The third kappa shape index (κ3) is 4.48. The Hall–Kier alpha value is -3.60. The highest BCUT2D eigenvalue weighted by atomic mass is 19.1. The normalized spacial score (nSPS) is 18.9. The van der Waals surface area contributed by atoms with E-state index in [9.17, 15) is 19.2 Å². The number of benzene rings is 1. The third-order valence-corrected chi connectivity index (χ3v) is 7.18. The Morgan fingerprint density at radius 1 is 1.13 bits per heavy atom. The molecule has 1 atom stereocenters. The summed E-state index contributed by atoms with van der Waals surface area (Å²) >= 11 is 0. The van der Waals surface area contributed by atoms with Crippen LogP contribution in [0.5, 0.6) is 0 Å². The first-order valence-electron chi connectivity index (χ1n) is 12.9. The molecule has 3 heterocycles. The highest BCUT2D eigenvalue weighted by Gasteiger charge is 2.40. The molecule has 5 rings (SSSR count). The van der Waals surface area contributed by atoms with Gasteiger partial charge in [0.25, 0.3) is 0 Å². The SMILES string of the molecule is CCOC(=O)C(C(=O)OCC)C(=O)c1cn(C2CC2)c2c(F)c(N3CC4=CCCNC4C3)c(F)cc2c1=O. The van der Waals surface area contributed by atoms with Crippen LogP contribution in [0, 0.1) is 17.6 Å². The number of fused-ring (bicyclic) bond motifs is 2. The lowest BCUT2D eigenvalue weighted by atomic mass is 9.96. The zero-order valence-corrected chi connectivity index (χ0v) is 21.2. The minimum atomic E-state index is -2.02. The van der Waals surface area contributed by atoms with Gasteiger partial charge in [-0.25, -0.2) is 8.78 Å². The molecule has 1 aliphatic carbocycles. The number of carbonyl (C=O) groups is 3. The van der Waals surface area contributed by atoms with Crippen molar-refractivity contribution in [1.82, 2.24) is 9.88 Å². The maximum Gasteiger partial charge on any atom is 0.328 e. The van der Waals surface area contributed by atoms with Gasteiger partial charge >= 0.3 is 11.9 Å². The van der Waals surface area contributed by atoms with E-state index in [-0.39, 0.29) is 41.9 Å². The van der Waals surface area contributed by atoms with Gasteiger partial charge in [0.05, 0.1) is 29.7 Å². The number of anilines is 1. The molecule has 1 unspecified atom stereocenters. The Bertz CT molecular complexity index is 1400. The smallest absolute Gasteiger partial charge is 0.328 e. The van der Waals surface area contributed by atoms with Crippen molar-refractivity contribution in [2.45, 2.75) is 45.2 Å². The number of aromatic nitrogens is 1. The van der Waals surface area contributed by atoms with E-state index in [1.165, 1.54) is 24.6 Å². The summed E-state index contributed by atoms with van der Waals surface area (Å²) in [6.07, 6.45) is 5.44. The fourth-order valence-electron chi connectivity index (χ4n) is 5.28. The van der Waals surface area contributed by atoms with Crippen LogP contribution in [0.15, 0.2) is 28.7 Å². The zero-order chi connectivity index (χ0) is 27.1. The van der Waals surface area contributed by atoms with Crippen LogP contribution in [0.3, 0.4) is 0 Å². The number of rotatable bonds is 8. The van der Waals surface area contributed by atoms with Crippen molar-refractivity contribution in [1.29, 1.82) is 0 Å². The van der Waals surface area contributed by atoms with Crippen LogP contribution in [-0.2, 0) is 19.1 Å². The van der Waals surface area contributed by atoms with Gasteiger partial charge in [-0.1, -0.05) is 6.08 Å². The van der Waals surface area contributed by atoms with Crippen molar-refractivity contribution in [3.63, 3.8) is 0 Å². The molecular weight excluding hydrogens is 500 g/mol. The molecule has 0 spiro atoms. The van der Waals surface area contributed by atoms with E-state index in [0.717, 1.165) is 24.6 Å². The number of pyridine rings is 1. The standard InChI is InChI=1S/C27H29F2N3O6/c1-3-37-26(35)20(27(36)38-4-2)25(34)17-12-32(15-7-8-15)22-16(24(17)33)10-18(28)23(21(22)29)31-11-14-6-5-9-30-19(14)13-31/h6,10,12,15,19-20,30H,3-5,7-9,11,13H2,1-2H3. The molecule has 202 valence electrons. The second-order valence-corrected chi connectivity index (χ2v) is 9.68. The number of hydrogen-bond donors (Lipinski definition) is 1. The molecule has 1 saturated heterocycles. The fraction of sp³-hybridized carbons (Fsp3) is 0.481. The van der Waals surface area contributed by atoms with Crippen molar-refractivity contribution in [3.05, 3.63) is 51.3 Å². The minimum absolute atomic E-state index is 0.00607. The lowest BCUT2D eigenvalue weighted by Gasteiger charge is -2.22. The summed E-state index contributed by atoms with van der Waals surface area (Å²) in [7, 11) is 0. The summed E-state index contributed by atoms with van der Waals surface area (Å²) in [6.45, 7) is 4.35. The Balaban J connectivity index is 1.64. The number of nitrogens with zero attached hydrogens (tertiary/aromatic N) is 2. The van der Waals surface area contributed by atoms with E-state index in [4.69, 9.17) is 9.47 Å². The van der Waals surface area contributed by atoms with Gasteiger partial charge in [0, 0.05) is 31.4 Å². The fourth-order valence-corrected chi connectivity index (χ4v) is 5.28. The number of hydrogen-bond acceptors (Lipinski definition) is 8. The molecule has 0 bridgehead atoms. The van der Waals surface area contributed by atoms with Crippen molar-refractivity contribution < 1.29 is 32.6 Å². The minimum Gasteiger partial charge on any atom is -0.465 e. The Morgan fingerprint density at radius 2 is 1.82 bits per heavy atom. The first kappa shape index (κ1) is 26.0. The molecule has 1 saturated carbocycles. The van der Waals surface area contributed by atoms with Crippen LogP contribution in [0.4, 0.5) is 14.5 Å². The average Bonchev–Trinajstić information content (AvgIpc) is 3.63. The Morgan fingerprint density at radius 3 is 2.42 bits per heavy atom. The maximum absolute atomic E-state index is 16.1. The van der Waals surface area contributed by atoms with Crippen LogP contribution in [0.2, 0.25) is 0 Å². The monoisotopic (exact) mass is 529 g/mol. The highest BCUT2D eigenvalue weighted by molar-refractivity contribution is 6.21. The van der Waals surface area contributed by atoms with Gasteiger partial charge in [0.1, 0.15) is 11.5 Å². The molecule has 3 aliphatic rings. The highest BCUT2D eigenvalue weighted by Crippen LogP contribution is 2.40. The van der Waals surface area contributed by atoms with Gasteiger partial charge in [-0.05, 0) is 51.3 Å². The molecule has 38 heavy (non-hydrogen) atoms. The van der Waals surface area contributed by atoms with Crippen molar-refractivity contribution >= 4 is 34.3 Å². The van der Waals surface area contributed by atoms with E-state index < -0.39 is 46.3 Å². The maximum atomic E-state index is 16.1. The largest absolute Gasteiger partial charge is 0.465 e. The molecule has 1 aromatic carbocycles. The summed E-state index contributed by atoms with van der Waals surface area (Å²) in [4.78, 5) is 53.5. The molecule has 2 fully saturated rings. The van der Waals surface area contributed by atoms with Gasteiger partial charge in [-0.3, -0.25) is 19.2 Å². The number of halogens is 2. The summed E-state index contributed by atoms with van der Waals surface area (Å²) in [5, 5.41) is 3.02. The molecule has 11 heteroatoms. The van der Waals surface area contributed by atoms with Gasteiger partial charge in [0.15, 0.2) is 17.0 Å². The van der Waals surface area contributed by atoms with Gasteiger partial charge in [-0.15, -0.1) is 0 Å². The van der Waals surface area contributed by atoms with Crippen molar-refractivity contribution in [3.8, 4) is 0 Å². The Kier molecular flexibility index (Phi) is 7.04. The zero-order valence-electron chi connectivity index (χ0n) is 21.2. The lowest BCUT2D eigenvalue weighted by molar-refractivity contribution is -0.158. The first-order valence-corrected chi connectivity index (χ1v) is 12.9. The summed E-state index contributed by atoms with van der Waals surface area (Å²) < 4.78 is 42.8. The van der Waals surface area contributed by atoms with E-state index in [1.54, 1.807) is 4.90 Å². The lowest BCUT2D eigenvalue weighted by Crippen LogP contribution is -2.37. The average molecular weight is 530 g/mol. The molecule has 1 N–H and O–H groups in total. The van der Waals surface area contributed by atoms with E-state index in [1.807, 2.05) is 0 Å². The van der Waals surface area contributed by atoms with Crippen LogP contribution >= 0.6 is 0 Å². The second-order valence-electron chi connectivity index (χ2n) is 9.68. The van der Waals surface area contributed by atoms with Gasteiger partial charge < -0.3 is 24.3 Å². The van der Waals surface area contributed by atoms with E-state index >= 15 is 8.78 Å². The summed E-state index contributed by atoms with van der Waals surface area (Å²) in [6, 6.07) is 0.734. The number of ether oxygens (including phenoxy) is 2. The third-order valence-electron chi connectivity index (χ3n) is 7.18. The summed E-state index contributed by atoms with van der Waals surface area (Å²) in [5.74, 6) is -7.26. The van der Waals surface area contributed by atoms with Gasteiger partial charge in [-0.2, -0.15) is 0 Å². The van der Waals surface area contributed by atoms with Crippen molar-refractivity contribution in [2.75, 3.05) is 37.7 Å². The predicted octanol–water partition coefficient (Wildman–Crippen LogP) is 2.65. The Labute approximate surface area is 217 Å². The molecular formula is C27H29F2N3O6. The molecule has 1 aromatic heterocycles. The number of ketones is 1. The van der Waals surface area contributed by atoms with Crippen molar-refractivity contribution in [2.24, 2.45) is 5.92 Å². The topological polar surface area (TPSA) is 107 Å². The first-order chi connectivity index (χ1) is 18.3. The molecule has 2 aliphatic heterocycles. The number of carbonyl (C=O) groups excluding carboxylic acids is 3. The predicted molar refractivity (Wildman–Crippen MR) is 134 cm³/mol. The number of esters is 2. The number of Topliss-reactive ketones (excluding diaryl/α,β-unsaturated/α-hetero) is 1. The molecule has 0 amide bonds. The molecule has 0 radical (unpaired) electrons. The van der Waals surface area contributed by atoms with E-state index in [0.29, 0.717) is 25.9 Å². The summed E-state index contributed by atoms with van der Waals surface area (Å²) in [5.41, 5.74) is -0.753. The molecule has 2 aromatic rings. The van der Waals surface area contributed by atoms with Crippen LogP contribution in [0.1, 0.15) is 49.5 Å². The van der Waals surface area contributed by atoms with E-state index in [2.05, 4.69) is 11.4 Å². The van der Waals surface area contributed by atoms with Crippen LogP contribution < -0.4 is 15.6 Å².